The number of carboxylic acids is 1. The van der Waals surface area contributed by atoms with Gasteiger partial charge in [0.05, 0.1) is 18.6 Å². The lowest BCUT2D eigenvalue weighted by atomic mass is 10.2. The summed E-state index contributed by atoms with van der Waals surface area (Å²) in [6.45, 7) is 1.26. The number of nitrogens with one attached hydrogen (secondary N) is 3. The van der Waals surface area contributed by atoms with E-state index in [2.05, 4.69) is 30.6 Å². The molecule has 10 heteroatoms. The zero-order valence-corrected chi connectivity index (χ0v) is 10.4. The first-order chi connectivity index (χ1) is 9.47. The number of hydrogen-bond donors (Lipinski definition) is 5. The Balaban J connectivity index is 2.05. The molecule has 20 heavy (non-hydrogen) atoms. The van der Waals surface area contributed by atoms with Gasteiger partial charge in [-0.1, -0.05) is 0 Å². The third kappa shape index (κ3) is 2.98. The van der Waals surface area contributed by atoms with Crippen LogP contribution in [0.3, 0.4) is 0 Å². The number of aromatic amines is 1. The van der Waals surface area contributed by atoms with Crippen LogP contribution < -0.4 is 10.6 Å². The van der Waals surface area contributed by atoms with Gasteiger partial charge in [0.25, 0.3) is 0 Å². The lowest BCUT2D eigenvalue weighted by Gasteiger charge is -2.16. The number of aromatic nitrogens is 4. The van der Waals surface area contributed by atoms with Crippen molar-refractivity contribution in [3.63, 3.8) is 0 Å². The minimum atomic E-state index is -1.43. The van der Waals surface area contributed by atoms with E-state index in [1.807, 2.05) is 0 Å². The summed E-state index contributed by atoms with van der Waals surface area (Å²) in [7, 11) is 0. The molecule has 2 unspecified atom stereocenters. The molecule has 0 bridgehead atoms. The maximum atomic E-state index is 11.6. The fourth-order valence-electron chi connectivity index (χ4n) is 1.46. The van der Waals surface area contributed by atoms with Gasteiger partial charge in [-0.25, -0.2) is 19.6 Å². The van der Waals surface area contributed by atoms with Gasteiger partial charge in [-0.2, -0.15) is 4.98 Å². The molecule has 0 aliphatic rings. The average molecular weight is 280 g/mol. The highest BCUT2D eigenvalue weighted by atomic mass is 16.4. The minimum absolute atomic E-state index is 0.0307. The largest absolute Gasteiger partial charge is 0.480 e. The number of aliphatic carboxylic acids is 1. The summed E-state index contributed by atoms with van der Waals surface area (Å²) in [4.78, 5) is 36.9. The number of fused-ring (bicyclic) bond motifs is 1. The number of imidazole rings is 1. The number of carboxylic acid groups (broad SMARTS) is 1. The van der Waals surface area contributed by atoms with Gasteiger partial charge in [0, 0.05) is 0 Å². The van der Waals surface area contributed by atoms with Gasteiger partial charge in [0.1, 0.15) is 5.52 Å². The number of aliphatic hydroxyl groups is 1. The molecule has 0 saturated carbocycles. The van der Waals surface area contributed by atoms with E-state index < -0.39 is 24.1 Å². The number of carbonyl (C=O) groups excluding carboxylic acids is 1. The molecule has 5 N–H and O–H groups in total. The summed E-state index contributed by atoms with van der Waals surface area (Å²) in [6.07, 6.45) is 1.61. The zero-order chi connectivity index (χ0) is 14.7. The predicted octanol–water partition coefficient (Wildman–Crippen LogP) is -0.692. The third-order valence-corrected chi connectivity index (χ3v) is 2.44. The Hall–Kier alpha value is -2.75. The fourth-order valence-corrected chi connectivity index (χ4v) is 1.46. The van der Waals surface area contributed by atoms with Crippen LogP contribution in [0.25, 0.3) is 11.2 Å². The molecule has 0 radical (unpaired) electrons. The number of anilines is 1. The zero-order valence-electron chi connectivity index (χ0n) is 10.4. The van der Waals surface area contributed by atoms with E-state index in [0.717, 1.165) is 0 Å². The van der Waals surface area contributed by atoms with Crippen LogP contribution in [0.2, 0.25) is 0 Å². The van der Waals surface area contributed by atoms with E-state index in [0.29, 0.717) is 11.2 Å². The maximum absolute atomic E-state index is 11.6. The van der Waals surface area contributed by atoms with Crippen molar-refractivity contribution in [1.29, 1.82) is 0 Å². The first kappa shape index (κ1) is 13.7. The number of urea groups is 1. The minimum Gasteiger partial charge on any atom is -0.480 e. The number of rotatable bonds is 4. The summed E-state index contributed by atoms with van der Waals surface area (Å²) in [6, 6.07) is -2.27. The van der Waals surface area contributed by atoms with Gasteiger partial charge in [-0.15, -0.1) is 0 Å². The lowest BCUT2D eigenvalue weighted by molar-refractivity contribution is -0.141. The Morgan fingerprint density at radius 1 is 1.40 bits per heavy atom. The van der Waals surface area contributed by atoms with Crippen molar-refractivity contribution in [2.75, 3.05) is 5.32 Å². The Labute approximate surface area is 112 Å². The Morgan fingerprint density at radius 2 is 2.15 bits per heavy atom. The van der Waals surface area contributed by atoms with Crippen molar-refractivity contribution in [2.45, 2.75) is 19.1 Å². The van der Waals surface area contributed by atoms with Crippen LogP contribution in [0.5, 0.6) is 0 Å². The molecule has 10 nitrogen and oxygen atoms in total. The fraction of sp³-hybridized carbons (Fsp3) is 0.300. The maximum Gasteiger partial charge on any atom is 0.328 e. The smallest absolute Gasteiger partial charge is 0.328 e. The highest BCUT2D eigenvalue weighted by molar-refractivity contribution is 5.91. The number of H-pyrrole nitrogens is 1. The van der Waals surface area contributed by atoms with Crippen LogP contribution in [-0.4, -0.2) is 54.3 Å². The standard InChI is InChI=1S/C10H12N6O4/c1-4(17)6(8(18)19)14-10(20)16-9-11-2-5-7(15-9)13-3-12-5/h2-4,6,17H,1H3,(H,18,19)(H3,11,12,13,14,15,16,20). The first-order valence-electron chi connectivity index (χ1n) is 5.62. The summed E-state index contributed by atoms with van der Waals surface area (Å²) in [5.74, 6) is -1.38. The summed E-state index contributed by atoms with van der Waals surface area (Å²) in [5, 5.41) is 22.4. The van der Waals surface area contributed by atoms with Gasteiger partial charge in [-0.3, -0.25) is 5.32 Å². The Bertz CT molecular complexity index is 639. The normalized spacial score (nSPS) is 13.7. The molecular weight excluding hydrogens is 268 g/mol. The van der Waals surface area contributed by atoms with E-state index in [1.165, 1.54) is 19.4 Å². The van der Waals surface area contributed by atoms with Gasteiger partial charge >= 0.3 is 12.0 Å². The van der Waals surface area contributed by atoms with Crippen molar-refractivity contribution in [3.05, 3.63) is 12.5 Å². The molecule has 0 aromatic carbocycles. The topological polar surface area (TPSA) is 153 Å². The molecule has 0 spiro atoms. The van der Waals surface area contributed by atoms with Crippen molar-refractivity contribution in [2.24, 2.45) is 0 Å². The number of hydrogen-bond acceptors (Lipinski definition) is 6. The lowest BCUT2D eigenvalue weighted by Crippen LogP contribution is -2.49. The Morgan fingerprint density at radius 3 is 2.80 bits per heavy atom. The molecule has 2 aromatic rings. The molecule has 0 aliphatic carbocycles. The third-order valence-electron chi connectivity index (χ3n) is 2.44. The highest BCUT2D eigenvalue weighted by Crippen LogP contribution is 2.06. The van der Waals surface area contributed by atoms with Gasteiger partial charge < -0.3 is 20.5 Å². The van der Waals surface area contributed by atoms with Crippen molar-refractivity contribution in [1.82, 2.24) is 25.3 Å². The van der Waals surface area contributed by atoms with Crippen LogP contribution in [-0.2, 0) is 4.79 Å². The number of carbonyl (C=O) groups is 2. The van der Waals surface area contributed by atoms with E-state index >= 15 is 0 Å². The molecular formula is C10H12N6O4. The van der Waals surface area contributed by atoms with Crippen LogP contribution in [0, 0.1) is 0 Å². The summed E-state index contributed by atoms with van der Waals surface area (Å²) in [5.41, 5.74) is 0.962. The van der Waals surface area contributed by atoms with Crippen molar-refractivity contribution in [3.8, 4) is 0 Å². The second kappa shape index (κ2) is 5.48. The molecule has 0 saturated heterocycles. The van der Waals surface area contributed by atoms with E-state index in [4.69, 9.17) is 5.11 Å². The molecule has 2 heterocycles. The molecule has 2 rings (SSSR count). The number of aliphatic hydroxyl groups excluding tert-OH is 1. The predicted molar refractivity (Wildman–Crippen MR) is 66.9 cm³/mol. The summed E-state index contributed by atoms with van der Waals surface area (Å²) >= 11 is 0. The van der Waals surface area contributed by atoms with Crippen LogP contribution in [0.1, 0.15) is 6.92 Å². The molecule has 2 amide bonds. The van der Waals surface area contributed by atoms with E-state index in [1.54, 1.807) is 0 Å². The van der Waals surface area contributed by atoms with Crippen LogP contribution in [0.4, 0.5) is 10.7 Å². The molecule has 0 aliphatic heterocycles. The van der Waals surface area contributed by atoms with Gasteiger partial charge in [-0.05, 0) is 6.92 Å². The van der Waals surface area contributed by atoms with E-state index in [-0.39, 0.29) is 5.95 Å². The van der Waals surface area contributed by atoms with Gasteiger partial charge in [0.2, 0.25) is 5.95 Å². The highest BCUT2D eigenvalue weighted by Gasteiger charge is 2.25. The number of nitrogens with zero attached hydrogens (tertiary/aromatic N) is 3. The monoisotopic (exact) mass is 280 g/mol. The molecule has 2 atom stereocenters. The molecule has 0 fully saturated rings. The Kier molecular flexibility index (Phi) is 3.75. The molecule has 2 aromatic heterocycles. The SMILES string of the molecule is CC(O)C(NC(=O)Nc1ncc2[nH]cnc2n1)C(=O)O. The second-order valence-electron chi connectivity index (χ2n) is 3.99. The second-order valence-corrected chi connectivity index (χ2v) is 3.99. The first-order valence-corrected chi connectivity index (χ1v) is 5.62. The quantitative estimate of drug-likeness (QED) is 0.496. The number of amides is 2. The van der Waals surface area contributed by atoms with E-state index in [9.17, 15) is 14.7 Å². The summed E-state index contributed by atoms with van der Waals surface area (Å²) < 4.78 is 0. The average Bonchev–Trinajstić information content (AvgIpc) is 2.82. The van der Waals surface area contributed by atoms with Gasteiger partial charge in [0.15, 0.2) is 11.7 Å². The van der Waals surface area contributed by atoms with Crippen LogP contribution >= 0.6 is 0 Å². The van der Waals surface area contributed by atoms with Crippen LogP contribution in [0.15, 0.2) is 12.5 Å². The van der Waals surface area contributed by atoms with Crippen molar-refractivity contribution < 1.29 is 19.8 Å². The molecule has 106 valence electrons. The van der Waals surface area contributed by atoms with Crippen molar-refractivity contribution >= 4 is 29.1 Å².